The van der Waals surface area contributed by atoms with Gasteiger partial charge in [-0.25, -0.2) is 0 Å². The third kappa shape index (κ3) is 5.83. The van der Waals surface area contributed by atoms with E-state index in [1.54, 1.807) is 12.0 Å². The lowest BCUT2D eigenvalue weighted by molar-refractivity contribution is -0.140. The first-order valence-corrected chi connectivity index (χ1v) is 10.3. The standard InChI is InChI=1S/C24H30N2O3/c1-25(18-20-8-11-22(29-2)12-9-20)24(28)21-14-16-26(17-15-21)23(27)13-10-19-6-4-3-5-7-19/h3-9,11-12,21H,10,13-18H2,1-2H3. The van der Waals surface area contributed by atoms with Crippen molar-refractivity contribution in [3.05, 3.63) is 65.7 Å². The van der Waals surface area contributed by atoms with Crippen LogP contribution in [0.1, 0.15) is 30.4 Å². The fourth-order valence-electron chi connectivity index (χ4n) is 3.82. The van der Waals surface area contributed by atoms with Gasteiger partial charge in [0.05, 0.1) is 7.11 Å². The maximum Gasteiger partial charge on any atom is 0.225 e. The molecule has 1 aliphatic rings. The van der Waals surface area contributed by atoms with Crippen molar-refractivity contribution in [1.82, 2.24) is 9.80 Å². The van der Waals surface area contributed by atoms with E-state index in [2.05, 4.69) is 12.1 Å². The molecule has 29 heavy (non-hydrogen) atoms. The number of nitrogens with zero attached hydrogens (tertiary/aromatic N) is 2. The van der Waals surface area contributed by atoms with Gasteiger partial charge in [0, 0.05) is 39.0 Å². The lowest BCUT2D eigenvalue weighted by Gasteiger charge is -2.33. The molecule has 1 heterocycles. The van der Waals surface area contributed by atoms with E-state index in [-0.39, 0.29) is 17.7 Å². The van der Waals surface area contributed by atoms with Crippen LogP contribution in [0.4, 0.5) is 0 Å². The van der Waals surface area contributed by atoms with Crippen LogP contribution in [-0.2, 0) is 22.6 Å². The first-order valence-electron chi connectivity index (χ1n) is 10.3. The second-order valence-electron chi connectivity index (χ2n) is 7.68. The number of aryl methyl sites for hydroxylation is 1. The predicted molar refractivity (Wildman–Crippen MR) is 114 cm³/mol. The Labute approximate surface area is 173 Å². The van der Waals surface area contributed by atoms with Crippen LogP contribution in [0, 0.1) is 5.92 Å². The average Bonchev–Trinajstić information content (AvgIpc) is 2.78. The van der Waals surface area contributed by atoms with Crippen molar-refractivity contribution in [1.29, 1.82) is 0 Å². The summed E-state index contributed by atoms with van der Waals surface area (Å²) in [5.74, 6) is 1.16. The molecule has 0 bridgehead atoms. The van der Waals surface area contributed by atoms with Gasteiger partial charge in [0.1, 0.15) is 5.75 Å². The number of amides is 2. The first-order chi connectivity index (χ1) is 14.1. The highest BCUT2D eigenvalue weighted by Crippen LogP contribution is 2.21. The van der Waals surface area contributed by atoms with E-state index < -0.39 is 0 Å². The first kappa shape index (κ1) is 20.9. The lowest BCUT2D eigenvalue weighted by atomic mass is 9.94. The van der Waals surface area contributed by atoms with E-state index in [0.29, 0.717) is 26.1 Å². The van der Waals surface area contributed by atoms with Crippen molar-refractivity contribution >= 4 is 11.8 Å². The van der Waals surface area contributed by atoms with Gasteiger partial charge in [-0.1, -0.05) is 42.5 Å². The zero-order valence-corrected chi connectivity index (χ0v) is 17.3. The van der Waals surface area contributed by atoms with Crippen molar-refractivity contribution in [3.63, 3.8) is 0 Å². The molecule has 2 amide bonds. The molecule has 1 saturated heterocycles. The van der Waals surface area contributed by atoms with E-state index in [1.165, 1.54) is 5.56 Å². The molecule has 0 spiro atoms. The summed E-state index contributed by atoms with van der Waals surface area (Å²) in [4.78, 5) is 29.0. The van der Waals surface area contributed by atoms with Crippen LogP contribution in [0.25, 0.3) is 0 Å². The minimum Gasteiger partial charge on any atom is -0.497 e. The Balaban J connectivity index is 1.43. The number of hydrogen-bond donors (Lipinski definition) is 0. The Bertz CT molecular complexity index is 797. The van der Waals surface area contributed by atoms with Gasteiger partial charge in [-0.15, -0.1) is 0 Å². The third-order valence-corrected chi connectivity index (χ3v) is 5.62. The monoisotopic (exact) mass is 394 g/mol. The number of likely N-dealkylation sites (tertiary alicyclic amines) is 1. The maximum absolute atomic E-state index is 12.8. The molecule has 2 aromatic carbocycles. The average molecular weight is 395 g/mol. The number of carbonyl (C=O) groups excluding carboxylic acids is 2. The summed E-state index contributed by atoms with van der Waals surface area (Å²) in [5, 5.41) is 0. The number of rotatable bonds is 7. The normalized spacial score (nSPS) is 14.5. The number of methoxy groups -OCH3 is 1. The molecule has 154 valence electrons. The molecule has 0 aromatic heterocycles. The molecule has 1 fully saturated rings. The minimum absolute atomic E-state index is 0.00331. The summed E-state index contributed by atoms with van der Waals surface area (Å²) in [5.41, 5.74) is 2.27. The highest BCUT2D eigenvalue weighted by molar-refractivity contribution is 5.80. The van der Waals surface area contributed by atoms with Gasteiger partial charge in [0.25, 0.3) is 0 Å². The van der Waals surface area contributed by atoms with Crippen molar-refractivity contribution in [2.24, 2.45) is 5.92 Å². The van der Waals surface area contributed by atoms with Crippen molar-refractivity contribution < 1.29 is 14.3 Å². The quantitative estimate of drug-likeness (QED) is 0.722. The van der Waals surface area contributed by atoms with E-state index >= 15 is 0 Å². The molecule has 0 atom stereocenters. The fraction of sp³-hybridized carbons (Fsp3) is 0.417. The van der Waals surface area contributed by atoms with Gasteiger partial charge >= 0.3 is 0 Å². The van der Waals surface area contributed by atoms with Gasteiger partial charge in [-0.05, 0) is 42.5 Å². The molecule has 1 aliphatic heterocycles. The summed E-state index contributed by atoms with van der Waals surface area (Å²) in [6.45, 7) is 1.92. The molecule has 0 radical (unpaired) electrons. The molecular formula is C24H30N2O3. The van der Waals surface area contributed by atoms with E-state index in [9.17, 15) is 9.59 Å². The molecule has 0 unspecified atom stereocenters. The molecule has 0 N–H and O–H groups in total. The van der Waals surface area contributed by atoms with E-state index in [0.717, 1.165) is 30.6 Å². The van der Waals surface area contributed by atoms with Crippen LogP contribution in [0.15, 0.2) is 54.6 Å². The van der Waals surface area contributed by atoms with Crippen LogP contribution in [0.5, 0.6) is 5.75 Å². The second-order valence-corrected chi connectivity index (χ2v) is 7.68. The Morgan fingerprint density at radius 1 is 1.00 bits per heavy atom. The largest absolute Gasteiger partial charge is 0.497 e. The molecule has 5 nitrogen and oxygen atoms in total. The molecule has 5 heteroatoms. The van der Waals surface area contributed by atoms with Crippen molar-refractivity contribution in [2.45, 2.75) is 32.2 Å². The summed E-state index contributed by atoms with van der Waals surface area (Å²) in [6, 6.07) is 17.9. The van der Waals surface area contributed by atoms with Crippen LogP contribution in [0.2, 0.25) is 0 Å². The lowest BCUT2D eigenvalue weighted by Crippen LogP contribution is -2.43. The number of hydrogen-bond acceptors (Lipinski definition) is 3. The summed E-state index contributed by atoms with van der Waals surface area (Å²) in [7, 11) is 3.49. The molecule has 0 saturated carbocycles. The van der Waals surface area contributed by atoms with Crippen LogP contribution < -0.4 is 4.74 Å². The fourth-order valence-corrected chi connectivity index (χ4v) is 3.82. The third-order valence-electron chi connectivity index (χ3n) is 5.62. The molecular weight excluding hydrogens is 364 g/mol. The zero-order chi connectivity index (χ0) is 20.6. The van der Waals surface area contributed by atoms with Gasteiger partial charge < -0.3 is 14.5 Å². The predicted octanol–water partition coefficient (Wildman–Crippen LogP) is 3.53. The van der Waals surface area contributed by atoms with Gasteiger partial charge in [0.2, 0.25) is 11.8 Å². The Hall–Kier alpha value is -2.82. The molecule has 2 aromatic rings. The zero-order valence-electron chi connectivity index (χ0n) is 17.3. The van der Waals surface area contributed by atoms with Gasteiger partial charge in [-0.2, -0.15) is 0 Å². The Morgan fingerprint density at radius 2 is 1.66 bits per heavy atom. The Morgan fingerprint density at radius 3 is 2.28 bits per heavy atom. The molecule has 3 rings (SSSR count). The van der Waals surface area contributed by atoms with Crippen molar-refractivity contribution in [2.75, 3.05) is 27.2 Å². The minimum atomic E-state index is -0.00331. The SMILES string of the molecule is COc1ccc(CN(C)C(=O)C2CCN(C(=O)CCc3ccccc3)CC2)cc1. The van der Waals surface area contributed by atoms with Crippen LogP contribution in [0.3, 0.4) is 0 Å². The van der Waals surface area contributed by atoms with E-state index in [1.807, 2.05) is 54.4 Å². The van der Waals surface area contributed by atoms with Crippen LogP contribution >= 0.6 is 0 Å². The topological polar surface area (TPSA) is 49.9 Å². The number of piperidine rings is 1. The smallest absolute Gasteiger partial charge is 0.225 e. The van der Waals surface area contributed by atoms with Gasteiger partial charge in [0.15, 0.2) is 0 Å². The highest BCUT2D eigenvalue weighted by Gasteiger charge is 2.28. The summed E-state index contributed by atoms with van der Waals surface area (Å²) < 4.78 is 5.18. The molecule has 0 aliphatic carbocycles. The highest BCUT2D eigenvalue weighted by atomic mass is 16.5. The summed E-state index contributed by atoms with van der Waals surface area (Å²) in [6.07, 6.45) is 2.77. The number of benzene rings is 2. The second kappa shape index (κ2) is 10.1. The van der Waals surface area contributed by atoms with Gasteiger partial charge in [-0.3, -0.25) is 9.59 Å². The summed E-state index contributed by atoms with van der Waals surface area (Å²) >= 11 is 0. The Kier molecular flexibility index (Phi) is 7.28. The maximum atomic E-state index is 12.8. The van der Waals surface area contributed by atoms with E-state index in [4.69, 9.17) is 4.74 Å². The van der Waals surface area contributed by atoms with Crippen LogP contribution in [-0.4, -0.2) is 48.9 Å². The van der Waals surface area contributed by atoms with Crippen molar-refractivity contribution in [3.8, 4) is 5.75 Å². The number of ether oxygens (including phenoxy) is 1. The number of carbonyl (C=O) groups is 2.